The van der Waals surface area contributed by atoms with Gasteiger partial charge in [-0.2, -0.15) is 11.3 Å². The van der Waals surface area contributed by atoms with Crippen LogP contribution in [0.25, 0.3) is 10.6 Å². The van der Waals surface area contributed by atoms with Gasteiger partial charge < -0.3 is 14.2 Å². The lowest BCUT2D eigenvalue weighted by Crippen LogP contribution is -2.07. The fraction of sp³-hybridized carbons (Fsp3) is 0.222. The van der Waals surface area contributed by atoms with Gasteiger partial charge in [-0.3, -0.25) is 0 Å². The largest absolute Gasteiger partial charge is 0.493 e. The van der Waals surface area contributed by atoms with Gasteiger partial charge in [-0.05, 0) is 30.5 Å². The Balaban J connectivity index is 1.69. The van der Waals surface area contributed by atoms with Gasteiger partial charge in [0.05, 0.1) is 30.0 Å². The monoisotopic (exact) mass is 409 g/mol. The normalized spacial score (nSPS) is 10.6. The molecule has 5 nitrogen and oxygen atoms in total. The Labute approximate surface area is 164 Å². The fourth-order valence-corrected chi connectivity index (χ4v) is 4.02. The molecule has 0 aliphatic carbocycles. The molecule has 2 heterocycles. The highest BCUT2D eigenvalue weighted by molar-refractivity contribution is 7.14. The van der Waals surface area contributed by atoms with Crippen molar-refractivity contribution in [1.29, 1.82) is 0 Å². The maximum atomic E-state index is 12.3. The Hall–Kier alpha value is -2.09. The molecule has 26 heavy (non-hydrogen) atoms. The van der Waals surface area contributed by atoms with E-state index >= 15 is 0 Å². The lowest BCUT2D eigenvalue weighted by Gasteiger charge is -2.12. The van der Waals surface area contributed by atoms with Gasteiger partial charge in [-0.1, -0.05) is 11.6 Å². The summed E-state index contributed by atoms with van der Waals surface area (Å²) >= 11 is 9.32. The van der Waals surface area contributed by atoms with E-state index in [1.54, 1.807) is 17.4 Å². The van der Waals surface area contributed by atoms with Crippen molar-refractivity contribution in [3.05, 3.63) is 50.6 Å². The average Bonchev–Trinajstić information content (AvgIpc) is 3.32. The number of rotatable bonds is 7. The summed E-state index contributed by atoms with van der Waals surface area (Å²) in [6, 6.07) is 5.07. The molecule has 0 aliphatic heterocycles. The van der Waals surface area contributed by atoms with Crippen LogP contribution >= 0.6 is 34.3 Å². The Morgan fingerprint density at radius 2 is 2.15 bits per heavy atom. The molecule has 0 amide bonds. The van der Waals surface area contributed by atoms with Gasteiger partial charge in [-0.15, -0.1) is 11.3 Å². The summed E-state index contributed by atoms with van der Waals surface area (Å²) in [6.45, 7) is 2.37. The summed E-state index contributed by atoms with van der Waals surface area (Å²) in [5.74, 6) is 0.297. The molecule has 2 aromatic heterocycles. The van der Waals surface area contributed by atoms with Gasteiger partial charge in [0.15, 0.2) is 11.5 Å². The van der Waals surface area contributed by atoms with Crippen molar-refractivity contribution in [1.82, 2.24) is 4.98 Å². The first-order valence-electron chi connectivity index (χ1n) is 7.76. The highest BCUT2D eigenvalue weighted by atomic mass is 35.5. The zero-order valence-electron chi connectivity index (χ0n) is 14.2. The Bertz CT molecular complexity index is 893. The van der Waals surface area contributed by atoms with Crippen LogP contribution < -0.4 is 9.47 Å². The molecular weight excluding hydrogens is 394 g/mol. The second-order valence-corrected chi connectivity index (χ2v) is 7.20. The highest BCUT2D eigenvalue weighted by Gasteiger charge is 2.17. The molecule has 0 spiro atoms. The first kappa shape index (κ1) is 18.7. The van der Waals surface area contributed by atoms with Crippen LogP contribution in [-0.4, -0.2) is 24.7 Å². The summed E-state index contributed by atoms with van der Waals surface area (Å²) in [7, 11) is 1.49. The standard InChI is InChI=1S/C18H16ClNO4S2/c1-3-23-16-14(19)6-12(7-15(16)22-2)18(21)24-8-13-10-26-17(20-13)11-4-5-25-9-11/h4-7,9-10H,3,8H2,1-2H3. The Kier molecular flexibility index (Phi) is 6.13. The third-order valence-electron chi connectivity index (χ3n) is 3.42. The molecular formula is C18H16ClNO4S2. The zero-order chi connectivity index (χ0) is 18.5. The van der Waals surface area contributed by atoms with E-state index in [0.29, 0.717) is 34.4 Å². The van der Waals surface area contributed by atoms with Crippen molar-refractivity contribution in [2.24, 2.45) is 0 Å². The Morgan fingerprint density at radius 3 is 2.85 bits per heavy atom. The highest BCUT2D eigenvalue weighted by Crippen LogP contribution is 2.36. The van der Waals surface area contributed by atoms with Gasteiger partial charge in [0.1, 0.15) is 11.6 Å². The summed E-state index contributed by atoms with van der Waals surface area (Å²) in [4.78, 5) is 16.8. The molecule has 0 N–H and O–H groups in total. The number of carbonyl (C=O) groups excluding carboxylic acids is 1. The molecule has 0 saturated carbocycles. The number of nitrogens with zero attached hydrogens (tertiary/aromatic N) is 1. The maximum absolute atomic E-state index is 12.3. The molecule has 0 aliphatic rings. The summed E-state index contributed by atoms with van der Waals surface area (Å²) < 4.78 is 16.0. The van der Waals surface area contributed by atoms with Crippen LogP contribution in [0.4, 0.5) is 0 Å². The molecule has 3 aromatic rings. The number of halogens is 1. The fourth-order valence-electron chi connectivity index (χ4n) is 2.24. The van der Waals surface area contributed by atoms with Crippen LogP contribution in [0, 0.1) is 0 Å². The van der Waals surface area contributed by atoms with Crippen LogP contribution in [0.2, 0.25) is 5.02 Å². The minimum Gasteiger partial charge on any atom is -0.493 e. The van der Waals surface area contributed by atoms with Crippen molar-refractivity contribution < 1.29 is 19.0 Å². The van der Waals surface area contributed by atoms with Crippen molar-refractivity contribution in [2.45, 2.75) is 13.5 Å². The number of hydrogen-bond acceptors (Lipinski definition) is 7. The molecule has 0 radical (unpaired) electrons. The van der Waals surface area contributed by atoms with Gasteiger partial charge in [0.25, 0.3) is 0 Å². The molecule has 3 rings (SSSR count). The third kappa shape index (κ3) is 4.17. The lowest BCUT2D eigenvalue weighted by molar-refractivity contribution is 0.0468. The van der Waals surface area contributed by atoms with Gasteiger partial charge in [0.2, 0.25) is 0 Å². The molecule has 0 bridgehead atoms. The van der Waals surface area contributed by atoms with E-state index in [-0.39, 0.29) is 6.61 Å². The van der Waals surface area contributed by atoms with Crippen LogP contribution in [0.1, 0.15) is 23.0 Å². The molecule has 136 valence electrons. The third-order valence-corrected chi connectivity index (χ3v) is 5.33. The van der Waals surface area contributed by atoms with E-state index in [1.165, 1.54) is 24.5 Å². The number of thiophene rings is 1. The molecule has 0 unspecified atom stereocenters. The summed E-state index contributed by atoms with van der Waals surface area (Å²) in [5.41, 5.74) is 2.07. The number of ether oxygens (including phenoxy) is 3. The molecule has 1 aromatic carbocycles. The Morgan fingerprint density at radius 1 is 1.31 bits per heavy atom. The number of methoxy groups -OCH3 is 1. The van der Waals surface area contributed by atoms with E-state index in [1.807, 2.05) is 29.1 Å². The number of carbonyl (C=O) groups is 1. The molecule has 0 saturated heterocycles. The van der Waals surface area contributed by atoms with E-state index in [4.69, 9.17) is 25.8 Å². The van der Waals surface area contributed by atoms with Crippen molar-refractivity contribution >= 4 is 40.2 Å². The van der Waals surface area contributed by atoms with Crippen LogP contribution in [0.5, 0.6) is 11.5 Å². The second kappa shape index (κ2) is 8.53. The van der Waals surface area contributed by atoms with E-state index in [2.05, 4.69) is 4.98 Å². The summed E-state index contributed by atoms with van der Waals surface area (Å²) in [6.07, 6.45) is 0. The van der Waals surface area contributed by atoms with Gasteiger partial charge in [0, 0.05) is 16.3 Å². The van der Waals surface area contributed by atoms with Crippen LogP contribution in [0.3, 0.4) is 0 Å². The van der Waals surface area contributed by atoms with Crippen molar-refractivity contribution in [3.8, 4) is 22.1 Å². The van der Waals surface area contributed by atoms with Crippen LogP contribution in [-0.2, 0) is 11.3 Å². The van der Waals surface area contributed by atoms with E-state index < -0.39 is 5.97 Å². The van der Waals surface area contributed by atoms with Gasteiger partial charge >= 0.3 is 5.97 Å². The predicted octanol–water partition coefficient (Wildman–Crippen LogP) is 5.29. The first-order chi connectivity index (χ1) is 12.6. The maximum Gasteiger partial charge on any atom is 0.338 e. The minimum absolute atomic E-state index is 0.0899. The first-order valence-corrected chi connectivity index (χ1v) is 9.96. The van der Waals surface area contributed by atoms with E-state index in [9.17, 15) is 4.79 Å². The molecule has 8 heteroatoms. The zero-order valence-corrected chi connectivity index (χ0v) is 16.5. The topological polar surface area (TPSA) is 57.7 Å². The number of esters is 1. The predicted molar refractivity (Wildman–Crippen MR) is 104 cm³/mol. The summed E-state index contributed by atoms with van der Waals surface area (Å²) in [5, 5.41) is 7.11. The SMILES string of the molecule is CCOc1c(Cl)cc(C(=O)OCc2csc(-c3ccsc3)n2)cc1OC. The number of aromatic nitrogens is 1. The number of benzene rings is 1. The van der Waals surface area contributed by atoms with Crippen molar-refractivity contribution in [3.63, 3.8) is 0 Å². The lowest BCUT2D eigenvalue weighted by atomic mass is 10.2. The quantitative estimate of drug-likeness (QED) is 0.496. The molecule has 0 fully saturated rings. The van der Waals surface area contributed by atoms with E-state index in [0.717, 1.165) is 10.6 Å². The molecule has 0 atom stereocenters. The van der Waals surface area contributed by atoms with Gasteiger partial charge in [-0.25, -0.2) is 9.78 Å². The minimum atomic E-state index is -0.502. The number of hydrogen-bond donors (Lipinski definition) is 0. The number of thiazole rings is 1. The van der Waals surface area contributed by atoms with Crippen molar-refractivity contribution in [2.75, 3.05) is 13.7 Å². The second-order valence-electron chi connectivity index (χ2n) is 5.15. The average molecular weight is 410 g/mol. The smallest absolute Gasteiger partial charge is 0.338 e. The van der Waals surface area contributed by atoms with Crippen LogP contribution in [0.15, 0.2) is 34.3 Å².